The SMILES string of the molecule is CC(=O)Nc1nnc(-c2ccc(F)cc2)o1. The Labute approximate surface area is 90.3 Å². The molecule has 0 saturated heterocycles. The van der Waals surface area contributed by atoms with E-state index in [1.165, 1.54) is 31.2 Å². The highest BCUT2D eigenvalue weighted by Gasteiger charge is 2.08. The van der Waals surface area contributed by atoms with Crippen LogP contribution in [0.15, 0.2) is 28.7 Å². The van der Waals surface area contributed by atoms with E-state index in [0.717, 1.165) is 0 Å². The van der Waals surface area contributed by atoms with Crippen molar-refractivity contribution in [1.82, 2.24) is 10.2 Å². The molecular formula is C10H8FN3O2. The standard InChI is InChI=1S/C10H8FN3O2/c1-6(15)12-10-14-13-9(16-10)7-2-4-8(11)5-3-7/h2-5H,1H3,(H,12,14,15). The molecule has 0 unspecified atom stereocenters. The van der Waals surface area contributed by atoms with Crippen LogP contribution >= 0.6 is 0 Å². The van der Waals surface area contributed by atoms with Crippen molar-refractivity contribution >= 4 is 11.9 Å². The van der Waals surface area contributed by atoms with Crippen molar-refractivity contribution in [3.63, 3.8) is 0 Å². The minimum absolute atomic E-state index is 0.0202. The van der Waals surface area contributed by atoms with Gasteiger partial charge in [0, 0.05) is 12.5 Å². The fourth-order valence-electron chi connectivity index (χ4n) is 1.13. The summed E-state index contributed by atoms with van der Waals surface area (Å²) < 4.78 is 17.8. The van der Waals surface area contributed by atoms with E-state index in [-0.39, 0.29) is 23.6 Å². The number of rotatable bonds is 2. The topological polar surface area (TPSA) is 68.0 Å². The zero-order valence-corrected chi connectivity index (χ0v) is 8.40. The number of hydrogen-bond donors (Lipinski definition) is 1. The van der Waals surface area contributed by atoms with Gasteiger partial charge in [-0.2, -0.15) is 0 Å². The first-order valence-corrected chi connectivity index (χ1v) is 4.52. The number of benzene rings is 1. The van der Waals surface area contributed by atoms with Gasteiger partial charge in [0.25, 0.3) is 0 Å². The molecular weight excluding hydrogens is 213 g/mol. The zero-order valence-electron chi connectivity index (χ0n) is 8.40. The van der Waals surface area contributed by atoms with Crippen molar-refractivity contribution in [3.05, 3.63) is 30.1 Å². The third-order valence-corrected chi connectivity index (χ3v) is 1.80. The molecule has 1 aromatic carbocycles. The Morgan fingerprint density at radius 2 is 2.00 bits per heavy atom. The molecule has 16 heavy (non-hydrogen) atoms. The molecule has 0 atom stereocenters. The molecule has 0 fully saturated rings. The lowest BCUT2D eigenvalue weighted by molar-refractivity contribution is -0.114. The predicted octanol–water partition coefficient (Wildman–Crippen LogP) is 1.83. The molecule has 1 amide bonds. The molecule has 5 nitrogen and oxygen atoms in total. The maximum atomic E-state index is 12.7. The van der Waals surface area contributed by atoms with Crippen LogP contribution < -0.4 is 5.32 Å². The number of aromatic nitrogens is 2. The summed E-state index contributed by atoms with van der Waals surface area (Å²) in [6.45, 7) is 1.34. The third-order valence-electron chi connectivity index (χ3n) is 1.80. The smallest absolute Gasteiger partial charge is 0.322 e. The first kappa shape index (κ1) is 10.3. The van der Waals surface area contributed by atoms with E-state index >= 15 is 0 Å². The number of nitrogens with zero attached hydrogens (tertiary/aromatic N) is 2. The summed E-state index contributed by atoms with van der Waals surface area (Å²) in [5.41, 5.74) is 0.588. The second-order valence-electron chi connectivity index (χ2n) is 3.10. The second kappa shape index (κ2) is 4.09. The fraction of sp³-hybridized carbons (Fsp3) is 0.100. The molecule has 0 aliphatic rings. The van der Waals surface area contributed by atoms with E-state index in [9.17, 15) is 9.18 Å². The largest absolute Gasteiger partial charge is 0.403 e. The molecule has 2 aromatic rings. The van der Waals surface area contributed by atoms with Crippen LogP contribution in [0.3, 0.4) is 0 Å². The van der Waals surface area contributed by atoms with Gasteiger partial charge >= 0.3 is 6.01 Å². The molecule has 1 aromatic heterocycles. The third kappa shape index (κ3) is 2.22. The summed E-state index contributed by atoms with van der Waals surface area (Å²) in [7, 11) is 0. The van der Waals surface area contributed by atoms with Crippen molar-refractivity contribution in [3.8, 4) is 11.5 Å². The molecule has 82 valence electrons. The van der Waals surface area contributed by atoms with Crippen molar-refractivity contribution in [1.29, 1.82) is 0 Å². The normalized spacial score (nSPS) is 10.1. The molecule has 0 aliphatic carbocycles. The highest BCUT2D eigenvalue weighted by molar-refractivity contribution is 5.86. The maximum absolute atomic E-state index is 12.7. The average molecular weight is 221 g/mol. The molecule has 0 aliphatic heterocycles. The summed E-state index contributed by atoms with van der Waals surface area (Å²) in [6.07, 6.45) is 0. The van der Waals surface area contributed by atoms with E-state index in [0.29, 0.717) is 5.56 Å². The summed E-state index contributed by atoms with van der Waals surface area (Å²) >= 11 is 0. The van der Waals surface area contributed by atoms with Crippen LogP contribution in [0.2, 0.25) is 0 Å². The fourth-order valence-corrected chi connectivity index (χ4v) is 1.13. The summed E-state index contributed by atoms with van der Waals surface area (Å²) in [4.78, 5) is 10.7. The summed E-state index contributed by atoms with van der Waals surface area (Å²) in [5, 5.41) is 9.68. The van der Waals surface area contributed by atoms with Crippen LogP contribution in [0.1, 0.15) is 6.92 Å². The first-order chi connectivity index (χ1) is 7.65. The maximum Gasteiger partial charge on any atom is 0.322 e. The van der Waals surface area contributed by atoms with Gasteiger partial charge in [0.05, 0.1) is 0 Å². The van der Waals surface area contributed by atoms with Crippen LogP contribution in [-0.2, 0) is 4.79 Å². The van der Waals surface area contributed by atoms with Crippen molar-refractivity contribution in [2.75, 3.05) is 5.32 Å². The van der Waals surface area contributed by atoms with Gasteiger partial charge in [0.2, 0.25) is 11.8 Å². The number of nitrogens with one attached hydrogen (secondary N) is 1. The van der Waals surface area contributed by atoms with Crippen LogP contribution in [0.25, 0.3) is 11.5 Å². The Kier molecular flexibility index (Phi) is 2.63. The quantitative estimate of drug-likeness (QED) is 0.840. The van der Waals surface area contributed by atoms with Gasteiger partial charge in [-0.1, -0.05) is 5.10 Å². The van der Waals surface area contributed by atoms with E-state index in [4.69, 9.17) is 4.42 Å². The summed E-state index contributed by atoms with van der Waals surface area (Å²) in [6, 6.07) is 5.63. The number of hydrogen-bond acceptors (Lipinski definition) is 4. The van der Waals surface area contributed by atoms with E-state index < -0.39 is 0 Å². The Morgan fingerprint density at radius 3 is 2.62 bits per heavy atom. The number of anilines is 1. The Bertz CT molecular complexity index is 507. The molecule has 0 radical (unpaired) electrons. The molecule has 0 spiro atoms. The zero-order chi connectivity index (χ0) is 11.5. The van der Waals surface area contributed by atoms with E-state index in [1.54, 1.807) is 0 Å². The van der Waals surface area contributed by atoms with Crippen LogP contribution in [0.5, 0.6) is 0 Å². The second-order valence-corrected chi connectivity index (χ2v) is 3.10. The van der Waals surface area contributed by atoms with Gasteiger partial charge in [0.1, 0.15) is 5.82 Å². The number of amides is 1. The van der Waals surface area contributed by atoms with E-state index in [1.807, 2.05) is 0 Å². The number of halogens is 1. The van der Waals surface area contributed by atoms with Gasteiger partial charge in [-0.25, -0.2) is 4.39 Å². The lowest BCUT2D eigenvalue weighted by Crippen LogP contribution is -2.05. The molecule has 0 saturated carbocycles. The molecule has 6 heteroatoms. The highest BCUT2D eigenvalue weighted by Crippen LogP contribution is 2.19. The van der Waals surface area contributed by atoms with Crippen molar-refractivity contribution < 1.29 is 13.6 Å². The molecule has 1 heterocycles. The lowest BCUT2D eigenvalue weighted by atomic mass is 10.2. The van der Waals surface area contributed by atoms with E-state index in [2.05, 4.69) is 15.5 Å². The van der Waals surface area contributed by atoms with Gasteiger partial charge in [-0.3, -0.25) is 10.1 Å². The number of carbonyl (C=O) groups excluding carboxylic acids is 1. The van der Waals surface area contributed by atoms with Crippen LogP contribution in [0, 0.1) is 5.82 Å². The minimum Gasteiger partial charge on any atom is -0.403 e. The van der Waals surface area contributed by atoms with Crippen molar-refractivity contribution in [2.24, 2.45) is 0 Å². The van der Waals surface area contributed by atoms with Crippen molar-refractivity contribution in [2.45, 2.75) is 6.92 Å². The molecule has 1 N–H and O–H groups in total. The Morgan fingerprint density at radius 1 is 1.31 bits per heavy atom. The minimum atomic E-state index is -0.342. The molecule has 0 bridgehead atoms. The Balaban J connectivity index is 2.24. The van der Waals surface area contributed by atoms with Gasteiger partial charge in [0.15, 0.2) is 0 Å². The van der Waals surface area contributed by atoms with Gasteiger partial charge in [-0.15, -0.1) is 5.10 Å². The average Bonchev–Trinajstić information content (AvgIpc) is 2.66. The predicted molar refractivity (Wildman–Crippen MR) is 54.0 cm³/mol. The lowest BCUT2D eigenvalue weighted by Gasteiger charge is -1.94. The van der Waals surface area contributed by atoms with Crippen LogP contribution in [0.4, 0.5) is 10.4 Å². The van der Waals surface area contributed by atoms with Crippen LogP contribution in [-0.4, -0.2) is 16.1 Å². The first-order valence-electron chi connectivity index (χ1n) is 4.52. The highest BCUT2D eigenvalue weighted by atomic mass is 19.1. The molecule has 2 rings (SSSR count). The monoisotopic (exact) mass is 221 g/mol. The van der Waals surface area contributed by atoms with Gasteiger partial charge < -0.3 is 4.42 Å². The summed E-state index contributed by atoms with van der Waals surface area (Å²) in [5.74, 6) is -0.414. The number of carbonyl (C=O) groups is 1. The Hall–Kier alpha value is -2.24. The van der Waals surface area contributed by atoms with Gasteiger partial charge in [-0.05, 0) is 24.3 Å².